The summed E-state index contributed by atoms with van der Waals surface area (Å²) in [4.78, 5) is 27.0. The van der Waals surface area contributed by atoms with Gasteiger partial charge in [-0.1, -0.05) is 109 Å². The fourth-order valence-electron chi connectivity index (χ4n) is 5.53. The Kier molecular flexibility index (Phi) is 9.67. The van der Waals surface area contributed by atoms with Crippen LogP contribution in [0, 0.1) is 0 Å². The summed E-state index contributed by atoms with van der Waals surface area (Å²) in [6, 6.07) is 40.3. The quantitative estimate of drug-likeness (QED) is 0.112. The smallest absolute Gasteiger partial charge is 0.408 e. The average Bonchev–Trinajstić information content (AvgIpc) is 3.43. The van der Waals surface area contributed by atoms with Crippen LogP contribution in [0.5, 0.6) is 17.2 Å². The van der Waals surface area contributed by atoms with Crippen molar-refractivity contribution in [1.29, 1.82) is 0 Å². The van der Waals surface area contributed by atoms with Gasteiger partial charge >= 0.3 is 12.1 Å². The zero-order valence-corrected chi connectivity index (χ0v) is 26.0. The van der Waals surface area contributed by atoms with Gasteiger partial charge in [-0.2, -0.15) is 0 Å². The lowest BCUT2D eigenvalue weighted by Gasteiger charge is -2.29. The minimum atomic E-state index is -1.54. The lowest BCUT2D eigenvalue weighted by Crippen LogP contribution is -2.55. The van der Waals surface area contributed by atoms with E-state index in [0.717, 1.165) is 27.8 Å². The lowest BCUT2D eigenvalue weighted by molar-refractivity contribution is -0.151. The van der Waals surface area contributed by atoms with Crippen molar-refractivity contribution in [3.05, 3.63) is 139 Å². The number of nitrogens with one attached hydrogen (secondary N) is 1. The molecule has 47 heavy (non-hydrogen) atoms. The summed E-state index contributed by atoms with van der Waals surface area (Å²) in [5.74, 6) is 1.17. The fraction of sp³-hybridized carbons (Fsp3) is 0.179. The summed E-state index contributed by atoms with van der Waals surface area (Å²) in [5.41, 5.74) is 3.54. The highest BCUT2D eigenvalue weighted by Crippen LogP contribution is 2.49. The maximum atomic E-state index is 13.8. The number of carbonyl (C=O) groups excluding carboxylic acids is 2. The molecule has 1 N–H and O–H groups in total. The van der Waals surface area contributed by atoms with Crippen molar-refractivity contribution >= 4 is 12.1 Å². The van der Waals surface area contributed by atoms with E-state index in [0.29, 0.717) is 22.8 Å². The number of rotatable bonds is 12. The largest absolute Gasteiger partial charge is 0.490 e. The number of alkyl carbamates (subject to hydrolysis) is 1. The molecule has 2 aliphatic rings. The van der Waals surface area contributed by atoms with Crippen LogP contribution >= 0.6 is 0 Å². The zero-order chi connectivity index (χ0) is 32.5. The second kappa shape index (κ2) is 14.6. The van der Waals surface area contributed by atoms with Crippen molar-refractivity contribution in [2.75, 3.05) is 20.0 Å². The van der Waals surface area contributed by atoms with Gasteiger partial charge in [-0.25, -0.2) is 9.59 Å². The summed E-state index contributed by atoms with van der Waals surface area (Å²) >= 11 is 0. The number of carbonyl (C=O) groups is 2. The van der Waals surface area contributed by atoms with Crippen LogP contribution in [0.25, 0.3) is 22.3 Å². The first-order valence-corrected chi connectivity index (χ1v) is 15.4. The molecule has 0 aliphatic carbocycles. The summed E-state index contributed by atoms with van der Waals surface area (Å²) < 4.78 is 29.3. The third-order valence-electron chi connectivity index (χ3n) is 7.78. The first-order valence-electron chi connectivity index (χ1n) is 15.4. The van der Waals surface area contributed by atoms with Gasteiger partial charge in [0.2, 0.25) is 6.79 Å². The van der Waals surface area contributed by atoms with Gasteiger partial charge in [0.1, 0.15) is 42.6 Å². The first kappa shape index (κ1) is 31.2. The molecule has 8 heteroatoms. The van der Waals surface area contributed by atoms with E-state index in [9.17, 15) is 9.59 Å². The molecule has 0 fully saturated rings. The molecule has 0 saturated heterocycles. The Labute approximate surface area is 273 Å². The third-order valence-corrected chi connectivity index (χ3v) is 7.78. The van der Waals surface area contributed by atoms with Gasteiger partial charge in [0.15, 0.2) is 0 Å². The second-order valence-electron chi connectivity index (χ2n) is 11.2. The van der Waals surface area contributed by atoms with Crippen molar-refractivity contribution in [2.24, 2.45) is 0 Å². The van der Waals surface area contributed by atoms with Gasteiger partial charge in [-0.05, 0) is 41.8 Å². The normalized spacial score (nSPS) is 12.9. The van der Waals surface area contributed by atoms with E-state index >= 15 is 0 Å². The van der Waals surface area contributed by atoms with E-state index < -0.39 is 17.6 Å². The molecule has 8 nitrogen and oxygen atoms in total. The molecular formula is C39H35NO7. The van der Waals surface area contributed by atoms with Crippen LogP contribution in [0.1, 0.15) is 18.1 Å². The van der Waals surface area contributed by atoms with Crippen LogP contribution in [0.2, 0.25) is 0 Å². The standard InChI is InChI=1S/C39H35NO7/c1-39(40-38(42)45-26-28-14-6-2-7-15-28,37(41)44-23-22-43-32-20-12-5-13-21-32)25-31-24-33-34(29-16-8-3-9-17-29)35(36(31)47-27-46-33)30-18-10-4-11-19-30/h2-21,24H,22-23,25-27H2,1H3,(H,40,42)/t39-/m0/s1. The van der Waals surface area contributed by atoms with Crippen LogP contribution in [-0.2, 0) is 27.3 Å². The second-order valence-corrected chi connectivity index (χ2v) is 11.2. The van der Waals surface area contributed by atoms with Crippen molar-refractivity contribution in [1.82, 2.24) is 5.32 Å². The number of fused-ring (bicyclic) bond motifs is 4. The van der Waals surface area contributed by atoms with Gasteiger partial charge in [-0.15, -0.1) is 0 Å². The van der Waals surface area contributed by atoms with Crippen LogP contribution in [0.3, 0.4) is 0 Å². The monoisotopic (exact) mass is 629 g/mol. The maximum Gasteiger partial charge on any atom is 0.408 e. The van der Waals surface area contributed by atoms with Crippen LogP contribution < -0.4 is 19.5 Å². The molecule has 0 saturated carbocycles. The Balaban J connectivity index is 1.31. The van der Waals surface area contributed by atoms with Gasteiger partial charge in [-0.3, -0.25) is 0 Å². The van der Waals surface area contributed by atoms with Gasteiger partial charge in [0.05, 0.1) is 0 Å². The van der Waals surface area contributed by atoms with E-state index in [4.69, 9.17) is 23.7 Å². The number of amides is 1. The summed E-state index contributed by atoms with van der Waals surface area (Å²) in [5, 5.41) is 2.79. The van der Waals surface area contributed by atoms with Gasteiger partial charge in [0, 0.05) is 23.1 Å². The fourth-order valence-corrected chi connectivity index (χ4v) is 5.53. The van der Waals surface area contributed by atoms with Crippen molar-refractivity contribution < 1.29 is 33.3 Å². The number of hydrogen-bond acceptors (Lipinski definition) is 7. The molecule has 1 atom stereocenters. The number of ether oxygens (including phenoxy) is 5. The molecule has 2 heterocycles. The Morgan fingerprint density at radius 1 is 0.723 bits per heavy atom. The molecule has 0 unspecified atom stereocenters. The van der Waals surface area contributed by atoms with E-state index in [1.165, 1.54) is 0 Å². The molecule has 5 aromatic rings. The van der Waals surface area contributed by atoms with Gasteiger partial charge in [0.25, 0.3) is 0 Å². The zero-order valence-electron chi connectivity index (χ0n) is 26.0. The van der Waals surface area contributed by atoms with Crippen LogP contribution in [0.4, 0.5) is 4.79 Å². The Hall–Kier alpha value is -5.76. The Morgan fingerprint density at radius 3 is 1.98 bits per heavy atom. The highest BCUT2D eigenvalue weighted by atomic mass is 16.7. The minimum absolute atomic E-state index is 0.0120. The molecule has 0 aromatic heterocycles. The predicted octanol–water partition coefficient (Wildman–Crippen LogP) is 7.60. The number of benzene rings is 5. The molecule has 7 rings (SSSR count). The van der Waals surface area contributed by atoms with Crippen molar-refractivity contribution in [3.63, 3.8) is 0 Å². The van der Waals surface area contributed by atoms with E-state index in [1.54, 1.807) is 6.92 Å². The topological polar surface area (TPSA) is 92.3 Å². The first-order chi connectivity index (χ1) is 23.0. The molecule has 0 spiro atoms. The average molecular weight is 630 g/mol. The molecular weight excluding hydrogens is 594 g/mol. The third kappa shape index (κ3) is 7.56. The summed E-state index contributed by atoms with van der Waals surface area (Å²) in [6.45, 7) is 1.76. The number of hydrogen-bond donors (Lipinski definition) is 1. The van der Waals surface area contributed by atoms with E-state index in [2.05, 4.69) is 5.32 Å². The SMILES string of the molecule is C[C@@](Cc1cc2c(-c3ccccc3)c(-c3ccccc3)c1OCO2)(NC(=O)OCc1ccccc1)C(=O)OCCOc1ccccc1. The molecule has 5 aromatic carbocycles. The molecule has 0 radical (unpaired) electrons. The van der Waals surface area contributed by atoms with Crippen molar-refractivity contribution in [2.45, 2.75) is 25.5 Å². The highest BCUT2D eigenvalue weighted by Gasteiger charge is 2.40. The molecule has 2 bridgehead atoms. The predicted molar refractivity (Wildman–Crippen MR) is 178 cm³/mol. The van der Waals surface area contributed by atoms with Gasteiger partial charge < -0.3 is 29.0 Å². The number of para-hydroxylation sites is 1. The summed E-state index contributed by atoms with van der Waals surface area (Å²) in [6.07, 6.45) is -0.723. The number of esters is 1. The minimum Gasteiger partial charge on any atom is -0.490 e. The van der Waals surface area contributed by atoms with E-state index in [-0.39, 0.29) is 33.0 Å². The van der Waals surface area contributed by atoms with E-state index in [1.807, 2.05) is 127 Å². The maximum absolute atomic E-state index is 13.8. The molecule has 2 aliphatic heterocycles. The summed E-state index contributed by atoms with van der Waals surface area (Å²) in [7, 11) is 0. The molecule has 1 amide bonds. The Morgan fingerprint density at radius 2 is 1.32 bits per heavy atom. The van der Waals surface area contributed by atoms with Crippen LogP contribution in [0.15, 0.2) is 127 Å². The Bertz CT molecular complexity index is 1800. The highest BCUT2D eigenvalue weighted by molar-refractivity contribution is 5.93. The van der Waals surface area contributed by atoms with Crippen LogP contribution in [-0.4, -0.2) is 37.6 Å². The molecule has 238 valence electrons. The van der Waals surface area contributed by atoms with Crippen molar-refractivity contribution in [3.8, 4) is 39.5 Å². The lowest BCUT2D eigenvalue weighted by atomic mass is 9.86.